The molecule has 0 aliphatic heterocycles. The third kappa shape index (κ3) is 2.79. The molecule has 0 spiro atoms. The van der Waals surface area contributed by atoms with E-state index in [-0.39, 0.29) is 18.2 Å². The molecule has 2 aromatic rings. The fourth-order valence-electron chi connectivity index (χ4n) is 1.97. The number of hydrogen-bond acceptors (Lipinski definition) is 5. The number of hydrogen-bond donors (Lipinski definition) is 1. The summed E-state index contributed by atoms with van der Waals surface area (Å²) >= 11 is 0. The predicted molar refractivity (Wildman–Crippen MR) is 75.8 cm³/mol. The number of benzene rings is 1. The van der Waals surface area contributed by atoms with E-state index in [9.17, 15) is 4.79 Å². The number of nitrogens with zero attached hydrogens (tertiary/aromatic N) is 3. The van der Waals surface area contributed by atoms with Crippen molar-refractivity contribution in [2.75, 3.05) is 12.8 Å². The van der Waals surface area contributed by atoms with Crippen LogP contribution in [0.1, 0.15) is 36.1 Å². The minimum atomic E-state index is -0.101. The maximum absolute atomic E-state index is 12.4. The molecule has 0 aliphatic rings. The van der Waals surface area contributed by atoms with Gasteiger partial charge in [-0.05, 0) is 32.0 Å². The van der Waals surface area contributed by atoms with E-state index in [4.69, 9.17) is 10.5 Å². The van der Waals surface area contributed by atoms with Gasteiger partial charge in [-0.25, -0.2) is 9.67 Å². The summed E-state index contributed by atoms with van der Waals surface area (Å²) in [4.78, 5) is 16.5. The number of nitrogen functional groups attached to an aromatic ring is 1. The number of carbonyl (C=O) groups is 1. The van der Waals surface area contributed by atoms with Gasteiger partial charge in [-0.2, -0.15) is 5.10 Å². The SMILES string of the molecule is COc1ccc(N)c(C(=O)Cc2ncnn2C(C)C)c1. The third-order valence-electron chi connectivity index (χ3n) is 3.02. The molecule has 20 heavy (non-hydrogen) atoms. The quantitative estimate of drug-likeness (QED) is 0.664. The van der Waals surface area contributed by atoms with Crippen LogP contribution < -0.4 is 10.5 Å². The van der Waals surface area contributed by atoms with Crippen molar-refractivity contribution in [3.05, 3.63) is 35.9 Å². The molecular formula is C14H18N4O2. The number of rotatable bonds is 5. The van der Waals surface area contributed by atoms with Crippen molar-refractivity contribution >= 4 is 11.5 Å². The number of ketones is 1. The Kier molecular flexibility index (Phi) is 4.02. The van der Waals surface area contributed by atoms with Crippen molar-refractivity contribution < 1.29 is 9.53 Å². The lowest BCUT2D eigenvalue weighted by Gasteiger charge is -2.10. The Labute approximate surface area is 117 Å². The van der Waals surface area contributed by atoms with Crippen molar-refractivity contribution in [1.82, 2.24) is 14.8 Å². The van der Waals surface area contributed by atoms with Gasteiger partial charge >= 0.3 is 0 Å². The van der Waals surface area contributed by atoms with Crippen LogP contribution in [-0.2, 0) is 6.42 Å². The van der Waals surface area contributed by atoms with Gasteiger partial charge in [-0.3, -0.25) is 4.79 Å². The van der Waals surface area contributed by atoms with E-state index in [1.165, 1.54) is 6.33 Å². The van der Waals surface area contributed by atoms with E-state index in [2.05, 4.69) is 10.1 Å². The first-order valence-corrected chi connectivity index (χ1v) is 6.38. The smallest absolute Gasteiger partial charge is 0.172 e. The van der Waals surface area contributed by atoms with Crippen LogP contribution in [0.15, 0.2) is 24.5 Å². The summed E-state index contributed by atoms with van der Waals surface area (Å²) in [5.41, 5.74) is 6.74. The summed E-state index contributed by atoms with van der Waals surface area (Å²) in [5, 5.41) is 4.12. The number of anilines is 1. The molecule has 0 radical (unpaired) electrons. The number of methoxy groups -OCH3 is 1. The molecule has 2 N–H and O–H groups in total. The summed E-state index contributed by atoms with van der Waals surface area (Å²) in [6.07, 6.45) is 1.62. The van der Waals surface area contributed by atoms with Gasteiger partial charge in [0.25, 0.3) is 0 Å². The minimum Gasteiger partial charge on any atom is -0.497 e. The van der Waals surface area contributed by atoms with E-state index in [1.807, 2.05) is 13.8 Å². The molecule has 1 aromatic carbocycles. The molecule has 1 heterocycles. The average molecular weight is 274 g/mol. The highest BCUT2D eigenvalue weighted by molar-refractivity contribution is 6.02. The molecule has 6 heteroatoms. The first kappa shape index (κ1) is 14.0. The van der Waals surface area contributed by atoms with E-state index in [0.29, 0.717) is 22.8 Å². The fraction of sp³-hybridized carbons (Fsp3) is 0.357. The second-order valence-corrected chi connectivity index (χ2v) is 4.77. The molecule has 106 valence electrons. The summed E-state index contributed by atoms with van der Waals surface area (Å²) in [6.45, 7) is 3.98. The molecule has 0 aliphatic carbocycles. The van der Waals surface area contributed by atoms with Gasteiger partial charge in [0, 0.05) is 17.3 Å². The summed E-state index contributed by atoms with van der Waals surface area (Å²) < 4.78 is 6.85. The number of carbonyl (C=O) groups excluding carboxylic acids is 1. The van der Waals surface area contributed by atoms with Crippen molar-refractivity contribution in [2.24, 2.45) is 0 Å². The van der Waals surface area contributed by atoms with Gasteiger partial charge in [0.05, 0.1) is 13.5 Å². The zero-order valence-electron chi connectivity index (χ0n) is 11.8. The highest BCUT2D eigenvalue weighted by atomic mass is 16.5. The standard InChI is InChI=1S/C14H18N4O2/c1-9(2)18-14(16-8-17-18)7-13(19)11-6-10(20-3)4-5-12(11)15/h4-6,8-9H,7,15H2,1-3H3. The average Bonchev–Trinajstić information content (AvgIpc) is 2.87. The van der Waals surface area contributed by atoms with Crippen molar-refractivity contribution in [3.8, 4) is 5.75 Å². The van der Waals surface area contributed by atoms with Crippen LogP contribution in [0.5, 0.6) is 5.75 Å². The van der Waals surface area contributed by atoms with Crippen molar-refractivity contribution in [1.29, 1.82) is 0 Å². The van der Waals surface area contributed by atoms with Gasteiger partial charge in [0.1, 0.15) is 17.9 Å². The first-order chi connectivity index (χ1) is 9.52. The van der Waals surface area contributed by atoms with E-state index < -0.39 is 0 Å². The lowest BCUT2D eigenvalue weighted by Crippen LogP contribution is -2.14. The Morgan fingerprint density at radius 2 is 2.20 bits per heavy atom. The normalized spacial score (nSPS) is 10.8. The molecule has 0 bridgehead atoms. The number of nitrogens with two attached hydrogens (primary N) is 1. The summed E-state index contributed by atoms with van der Waals surface area (Å²) in [7, 11) is 1.55. The molecule has 6 nitrogen and oxygen atoms in total. The van der Waals surface area contributed by atoms with Gasteiger partial charge in [0.15, 0.2) is 5.78 Å². The Hall–Kier alpha value is -2.37. The molecule has 0 amide bonds. The predicted octanol–water partition coefficient (Wildman–Crippen LogP) is 1.88. The van der Waals surface area contributed by atoms with E-state index in [0.717, 1.165) is 0 Å². The summed E-state index contributed by atoms with van der Waals surface area (Å²) in [6, 6.07) is 5.19. The zero-order valence-corrected chi connectivity index (χ0v) is 11.8. The van der Waals surface area contributed by atoms with Crippen molar-refractivity contribution in [3.63, 3.8) is 0 Å². The second kappa shape index (κ2) is 5.73. The largest absolute Gasteiger partial charge is 0.497 e. The highest BCUT2D eigenvalue weighted by Gasteiger charge is 2.16. The molecule has 0 unspecified atom stereocenters. The summed E-state index contributed by atoms with van der Waals surface area (Å²) in [5.74, 6) is 1.14. The Morgan fingerprint density at radius 3 is 2.85 bits per heavy atom. The molecule has 0 atom stereocenters. The Morgan fingerprint density at radius 1 is 1.45 bits per heavy atom. The van der Waals surface area contributed by atoms with Crippen LogP contribution in [-0.4, -0.2) is 27.7 Å². The van der Waals surface area contributed by atoms with Gasteiger partial charge < -0.3 is 10.5 Å². The number of ether oxygens (including phenoxy) is 1. The lowest BCUT2D eigenvalue weighted by molar-refractivity contribution is 0.0989. The van der Waals surface area contributed by atoms with Crippen LogP contribution in [0.25, 0.3) is 0 Å². The van der Waals surface area contributed by atoms with Crippen LogP contribution in [0, 0.1) is 0 Å². The highest BCUT2D eigenvalue weighted by Crippen LogP contribution is 2.21. The molecule has 1 aromatic heterocycles. The Balaban J connectivity index is 2.26. The maximum atomic E-state index is 12.4. The second-order valence-electron chi connectivity index (χ2n) is 4.77. The molecule has 0 saturated heterocycles. The first-order valence-electron chi connectivity index (χ1n) is 6.38. The van der Waals surface area contributed by atoms with Crippen LogP contribution >= 0.6 is 0 Å². The van der Waals surface area contributed by atoms with Crippen LogP contribution in [0.3, 0.4) is 0 Å². The lowest BCUT2D eigenvalue weighted by atomic mass is 10.1. The molecule has 0 fully saturated rings. The molecular weight excluding hydrogens is 256 g/mol. The van der Waals surface area contributed by atoms with Gasteiger partial charge in [-0.1, -0.05) is 0 Å². The van der Waals surface area contributed by atoms with Crippen LogP contribution in [0.2, 0.25) is 0 Å². The number of Topliss-reactive ketones (excluding diaryl/α,β-unsaturated/α-hetero) is 1. The third-order valence-corrected chi connectivity index (χ3v) is 3.02. The monoisotopic (exact) mass is 274 g/mol. The fourth-order valence-corrected chi connectivity index (χ4v) is 1.97. The van der Waals surface area contributed by atoms with Crippen LogP contribution in [0.4, 0.5) is 5.69 Å². The Bertz CT molecular complexity index is 619. The van der Waals surface area contributed by atoms with E-state index >= 15 is 0 Å². The van der Waals surface area contributed by atoms with E-state index in [1.54, 1.807) is 30.0 Å². The van der Waals surface area contributed by atoms with Gasteiger partial charge in [0.2, 0.25) is 0 Å². The minimum absolute atomic E-state index is 0.101. The van der Waals surface area contributed by atoms with Gasteiger partial charge in [-0.15, -0.1) is 0 Å². The topological polar surface area (TPSA) is 83.0 Å². The molecule has 0 saturated carbocycles. The van der Waals surface area contributed by atoms with Crippen molar-refractivity contribution in [2.45, 2.75) is 26.3 Å². The zero-order chi connectivity index (χ0) is 14.7. The number of aromatic nitrogens is 3. The molecule has 2 rings (SSSR count). The maximum Gasteiger partial charge on any atom is 0.172 e.